The topological polar surface area (TPSA) is 99.6 Å². The zero-order valence-electron chi connectivity index (χ0n) is 12.4. The Kier molecular flexibility index (Phi) is 3.72. The number of fused-ring (bicyclic) bond motifs is 1. The largest absolute Gasteiger partial charge is 0.505 e. The molecule has 0 spiro atoms. The molecule has 0 saturated heterocycles. The van der Waals surface area contributed by atoms with Crippen LogP contribution in [0.15, 0.2) is 53.2 Å². The van der Waals surface area contributed by atoms with Gasteiger partial charge in [0.15, 0.2) is 11.5 Å². The molecule has 2 heterocycles. The van der Waals surface area contributed by atoms with Gasteiger partial charge in [-0.05, 0) is 30.3 Å². The fraction of sp³-hybridized carbons (Fsp3) is 0.0667. The summed E-state index contributed by atoms with van der Waals surface area (Å²) >= 11 is 0. The quantitative estimate of drug-likeness (QED) is 0.860. The van der Waals surface area contributed by atoms with Crippen LogP contribution in [0.3, 0.4) is 0 Å². The second-order valence-corrected chi connectivity index (χ2v) is 6.92. The number of carbonyl (C=O) groups excluding carboxylic acids is 1. The minimum Gasteiger partial charge on any atom is -0.505 e. The summed E-state index contributed by atoms with van der Waals surface area (Å²) in [5.74, 6) is -2.06. The molecule has 0 radical (unpaired) electrons. The lowest BCUT2D eigenvalue weighted by Gasteiger charge is -2.28. The molecular formula is C15H12FN3O4S. The van der Waals surface area contributed by atoms with Crippen molar-refractivity contribution in [2.45, 2.75) is 4.90 Å². The molecule has 2 aromatic rings. The van der Waals surface area contributed by atoms with E-state index in [0.29, 0.717) is 4.31 Å². The molecule has 7 nitrogen and oxygen atoms in total. The second-order valence-electron chi connectivity index (χ2n) is 4.98. The Morgan fingerprint density at radius 3 is 2.71 bits per heavy atom. The van der Waals surface area contributed by atoms with E-state index in [4.69, 9.17) is 0 Å². The van der Waals surface area contributed by atoms with Gasteiger partial charge in [-0.1, -0.05) is 6.07 Å². The maximum Gasteiger partial charge on any atom is 0.277 e. The summed E-state index contributed by atoms with van der Waals surface area (Å²) in [6.07, 6.45) is 1.44. The Hall–Kier alpha value is -2.94. The number of nitrogens with one attached hydrogen (secondary N) is 1. The summed E-state index contributed by atoms with van der Waals surface area (Å²) in [4.78, 5) is 16.0. The van der Waals surface area contributed by atoms with Crippen LogP contribution in [0.5, 0.6) is 0 Å². The molecule has 0 atom stereocenters. The Bertz CT molecular complexity index is 958. The van der Waals surface area contributed by atoms with Crippen molar-refractivity contribution >= 4 is 27.5 Å². The first-order valence-corrected chi connectivity index (χ1v) is 8.21. The average Bonchev–Trinajstić information content (AvgIpc) is 2.54. The average molecular weight is 349 g/mol. The number of rotatable bonds is 2. The molecule has 0 saturated carbocycles. The summed E-state index contributed by atoms with van der Waals surface area (Å²) < 4.78 is 39.1. The maximum atomic E-state index is 13.4. The van der Waals surface area contributed by atoms with Crippen molar-refractivity contribution in [1.29, 1.82) is 0 Å². The number of aromatic nitrogens is 1. The number of amides is 1. The molecule has 9 heteroatoms. The van der Waals surface area contributed by atoms with Crippen molar-refractivity contribution < 1.29 is 22.7 Å². The van der Waals surface area contributed by atoms with E-state index < -0.39 is 33.2 Å². The molecule has 0 bridgehead atoms. The minimum atomic E-state index is -4.09. The van der Waals surface area contributed by atoms with Crippen LogP contribution in [-0.4, -0.2) is 35.8 Å². The van der Waals surface area contributed by atoms with E-state index in [0.717, 1.165) is 25.2 Å². The highest BCUT2D eigenvalue weighted by Gasteiger charge is 2.38. The molecule has 24 heavy (non-hydrogen) atoms. The monoisotopic (exact) mass is 349 g/mol. The number of anilines is 1. The number of carbonyl (C=O) groups is 1. The smallest absolute Gasteiger partial charge is 0.277 e. The molecule has 2 N–H and O–H groups in total. The van der Waals surface area contributed by atoms with Gasteiger partial charge in [0, 0.05) is 18.8 Å². The highest BCUT2D eigenvalue weighted by Crippen LogP contribution is 2.35. The van der Waals surface area contributed by atoms with Crippen LogP contribution in [0.2, 0.25) is 0 Å². The summed E-state index contributed by atoms with van der Waals surface area (Å²) in [6.45, 7) is 0. The lowest BCUT2D eigenvalue weighted by Crippen LogP contribution is -2.37. The third kappa shape index (κ3) is 2.48. The van der Waals surface area contributed by atoms with Gasteiger partial charge in [-0.15, -0.1) is 0 Å². The van der Waals surface area contributed by atoms with Gasteiger partial charge in [-0.3, -0.25) is 9.10 Å². The van der Waals surface area contributed by atoms with E-state index in [1.54, 1.807) is 12.1 Å². The first-order chi connectivity index (χ1) is 11.3. The highest BCUT2D eigenvalue weighted by molar-refractivity contribution is 7.89. The maximum absolute atomic E-state index is 13.4. The van der Waals surface area contributed by atoms with Gasteiger partial charge >= 0.3 is 0 Å². The summed E-state index contributed by atoms with van der Waals surface area (Å²) in [5, 5.41) is 12.7. The van der Waals surface area contributed by atoms with Gasteiger partial charge in [-0.2, -0.15) is 0 Å². The molecule has 1 aliphatic heterocycles. The summed E-state index contributed by atoms with van der Waals surface area (Å²) in [7, 11) is -2.96. The van der Waals surface area contributed by atoms with Gasteiger partial charge in [-0.25, -0.2) is 17.8 Å². The van der Waals surface area contributed by atoms with Crippen LogP contribution < -0.4 is 5.32 Å². The van der Waals surface area contributed by atoms with Crippen LogP contribution in [0.1, 0.15) is 5.56 Å². The number of nitrogens with zero attached hydrogens (tertiary/aromatic N) is 2. The molecule has 0 aliphatic carbocycles. The number of benzene rings is 1. The number of sulfonamides is 1. The van der Waals surface area contributed by atoms with Crippen LogP contribution >= 0.6 is 0 Å². The zero-order chi connectivity index (χ0) is 17.5. The van der Waals surface area contributed by atoms with E-state index >= 15 is 0 Å². The molecular weight excluding hydrogens is 337 g/mol. The van der Waals surface area contributed by atoms with Crippen molar-refractivity contribution in [2.75, 3.05) is 12.4 Å². The third-order valence-electron chi connectivity index (χ3n) is 3.50. The number of aliphatic hydroxyl groups excluding tert-OH is 1. The highest BCUT2D eigenvalue weighted by atomic mass is 32.2. The van der Waals surface area contributed by atoms with Crippen molar-refractivity contribution in [3.8, 4) is 0 Å². The standard InChI is InChI=1S/C15H12FN3O4S/c1-19-13(15(21)18-12-4-2-3-7-17-12)14(20)10-8-9(16)5-6-11(10)24(19,22)23/h2-8,20H,1H3,(H,17,18,21). The predicted octanol–water partition coefficient (Wildman–Crippen LogP) is 1.72. The van der Waals surface area contributed by atoms with E-state index in [-0.39, 0.29) is 16.3 Å². The second kappa shape index (κ2) is 5.60. The summed E-state index contributed by atoms with van der Waals surface area (Å²) in [5.41, 5.74) is -0.780. The Morgan fingerprint density at radius 1 is 1.29 bits per heavy atom. The van der Waals surface area contributed by atoms with Gasteiger partial charge in [0.05, 0.1) is 4.90 Å². The number of halogens is 1. The van der Waals surface area contributed by atoms with Crippen molar-refractivity contribution in [3.63, 3.8) is 0 Å². The normalized spacial score (nSPS) is 15.8. The fourth-order valence-electron chi connectivity index (χ4n) is 2.32. The zero-order valence-corrected chi connectivity index (χ0v) is 13.2. The molecule has 0 fully saturated rings. The molecule has 1 aromatic carbocycles. The lowest BCUT2D eigenvalue weighted by molar-refractivity contribution is -0.113. The minimum absolute atomic E-state index is 0.179. The van der Waals surface area contributed by atoms with Gasteiger partial charge in [0.25, 0.3) is 15.9 Å². The fourth-order valence-corrected chi connectivity index (χ4v) is 3.70. The van der Waals surface area contributed by atoms with E-state index in [2.05, 4.69) is 10.3 Å². The van der Waals surface area contributed by atoms with Crippen molar-refractivity contribution in [2.24, 2.45) is 0 Å². The Balaban J connectivity index is 2.12. The molecule has 1 aliphatic rings. The van der Waals surface area contributed by atoms with Crippen LogP contribution in [-0.2, 0) is 14.8 Å². The summed E-state index contributed by atoms with van der Waals surface area (Å²) in [6, 6.07) is 7.64. The first kappa shape index (κ1) is 15.9. The van der Waals surface area contributed by atoms with Gasteiger partial charge < -0.3 is 10.4 Å². The molecule has 1 aromatic heterocycles. The number of pyridine rings is 1. The van der Waals surface area contributed by atoms with E-state index in [1.165, 1.54) is 12.3 Å². The van der Waals surface area contributed by atoms with E-state index in [1.807, 2.05) is 0 Å². The first-order valence-electron chi connectivity index (χ1n) is 6.77. The number of hydrogen-bond acceptors (Lipinski definition) is 5. The number of likely N-dealkylation sites (N-methyl/N-ethyl adjacent to an activating group) is 1. The molecule has 1 amide bonds. The number of aliphatic hydroxyl groups is 1. The van der Waals surface area contributed by atoms with Crippen molar-refractivity contribution in [3.05, 3.63) is 59.7 Å². The SMILES string of the molecule is CN1C(C(=O)Nc2ccccn2)=C(O)c2cc(F)ccc2S1(=O)=O. The molecule has 3 rings (SSSR count). The molecule has 124 valence electrons. The molecule has 0 unspecified atom stereocenters. The van der Waals surface area contributed by atoms with Gasteiger partial charge in [0.2, 0.25) is 0 Å². The van der Waals surface area contributed by atoms with Crippen molar-refractivity contribution in [1.82, 2.24) is 9.29 Å². The van der Waals surface area contributed by atoms with Crippen LogP contribution in [0, 0.1) is 5.82 Å². The Morgan fingerprint density at radius 2 is 2.04 bits per heavy atom. The third-order valence-corrected chi connectivity index (χ3v) is 5.31. The Labute approximate surface area is 137 Å². The predicted molar refractivity (Wildman–Crippen MR) is 83.8 cm³/mol. The van der Waals surface area contributed by atoms with E-state index in [9.17, 15) is 22.7 Å². The number of hydrogen-bond donors (Lipinski definition) is 2. The van der Waals surface area contributed by atoms with Crippen LogP contribution in [0.25, 0.3) is 5.76 Å². The lowest BCUT2D eigenvalue weighted by atomic mass is 10.1. The van der Waals surface area contributed by atoms with Crippen LogP contribution in [0.4, 0.5) is 10.2 Å². The van der Waals surface area contributed by atoms with Gasteiger partial charge in [0.1, 0.15) is 11.6 Å².